The first-order valence-electron chi connectivity index (χ1n) is 19.8. The van der Waals surface area contributed by atoms with Crippen LogP contribution in [-0.4, -0.2) is 82.9 Å². The number of nitrogens with zero attached hydrogens (tertiary/aromatic N) is 4. The van der Waals surface area contributed by atoms with Gasteiger partial charge in [-0.1, -0.05) is 18.2 Å². The van der Waals surface area contributed by atoms with Crippen molar-refractivity contribution in [2.45, 2.75) is 107 Å². The number of piperidine rings is 3. The zero-order valence-electron chi connectivity index (χ0n) is 30.7. The Morgan fingerprint density at radius 3 is 2.28 bits per heavy atom. The van der Waals surface area contributed by atoms with Gasteiger partial charge in [0.2, 0.25) is 23.7 Å². The summed E-state index contributed by atoms with van der Waals surface area (Å²) < 4.78 is 30.0. The molecule has 11 nitrogen and oxygen atoms in total. The molecule has 0 spiro atoms. The fourth-order valence-electron chi connectivity index (χ4n) is 8.76. The van der Waals surface area contributed by atoms with Crippen molar-refractivity contribution in [3.8, 4) is 11.3 Å². The van der Waals surface area contributed by atoms with Crippen molar-refractivity contribution in [1.82, 2.24) is 25.5 Å². The number of carbonyl (C=O) groups is 3. The Kier molecular flexibility index (Phi) is 10.8. The summed E-state index contributed by atoms with van der Waals surface area (Å²) in [5.74, 6) is -0.215. The molecule has 2 aliphatic carbocycles. The SMILES string of the molecule is O=C1CCC(Nc2ccc(N3CCC(N4CCC(C(=O)NC5CCC(Nc6ncc(F)c(-c7cccc(C8CC8)c7)n6)CC5)CC4)CC3)c(F)c2)C(=O)N1. The molecule has 1 unspecified atom stereocenters. The Morgan fingerprint density at radius 1 is 0.796 bits per heavy atom. The van der Waals surface area contributed by atoms with E-state index >= 15 is 4.39 Å². The van der Waals surface area contributed by atoms with Crippen LogP contribution in [0, 0.1) is 17.6 Å². The monoisotopic (exact) mass is 740 g/mol. The highest BCUT2D eigenvalue weighted by Gasteiger charge is 2.33. The highest BCUT2D eigenvalue weighted by atomic mass is 19.1. The summed E-state index contributed by atoms with van der Waals surface area (Å²) in [7, 11) is 0. The summed E-state index contributed by atoms with van der Waals surface area (Å²) in [5.41, 5.74) is 3.43. The second kappa shape index (κ2) is 16.0. The van der Waals surface area contributed by atoms with Gasteiger partial charge in [0.1, 0.15) is 17.6 Å². The number of hydrogen-bond donors (Lipinski definition) is 4. The van der Waals surface area contributed by atoms with Gasteiger partial charge in [0.15, 0.2) is 5.82 Å². The molecule has 1 atom stereocenters. The van der Waals surface area contributed by atoms with Gasteiger partial charge in [0.25, 0.3) is 0 Å². The third-order valence-corrected chi connectivity index (χ3v) is 12.1. The number of rotatable bonds is 10. The highest BCUT2D eigenvalue weighted by Crippen LogP contribution is 2.41. The van der Waals surface area contributed by atoms with Crippen molar-refractivity contribution in [3.63, 3.8) is 0 Å². The zero-order valence-corrected chi connectivity index (χ0v) is 30.7. The predicted molar refractivity (Wildman–Crippen MR) is 203 cm³/mol. The second-order valence-corrected chi connectivity index (χ2v) is 15.8. The molecule has 3 aromatic rings. The van der Waals surface area contributed by atoms with Crippen LogP contribution in [0.4, 0.5) is 26.1 Å². The molecule has 13 heteroatoms. The van der Waals surface area contributed by atoms with Gasteiger partial charge in [-0.05, 0) is 119 Å². The van der Waals surface area contributed by atoms with E-state index in [9.17, 15) is 18.8 Å². The van der Waals surface area contributed by atoms with Crippen LogP contribution in [0.1, 0.15) is 88.5 Å². The van der Waals surface area contributed by atoms with Crippen LogP contribution in [0.25, 0.3) is 11.3 Å². The number of aromatic nitrogens is 2. The van der Waals surface area contributed by atoms with Gasteiger partial charge in [-0.15, -0.1) is 0 Å². The maximum absolute atomic E-state index is 15.2. The van der Waals surface area contributed by atoms with E-state index in [0.29, 0.717) is 41.4 Å². The maximum Gasteiger partial charge on any atom is 0.249 e. The number of halogens is 2. The molecule has 3 saturated heterocycles. The summed E-state index contributed by atoms with van der Waals surface area (Å²) in [6, 6.07) is 13.2. The van der Waals surface area contributed by atoms with E-state index in [1.807, 2.05) is 18.2 Å². The number of anilines is 3. The molecule has 1 aromatic heterocycles. The Balaban J connectivity index is 0.748. The number of nitrogens with one attached hydrogen (secondary N) is 4. The molecule has 8 rings (SSSR count). The molecule has 5 fully saturated rings. The number of hydrogen-bond acceptors (Lipinski definition) is 9. The quantitative estimate of drug-likeness (QED) is 0.193. The molecule has 2 aromatic carbocycles. The van der Waals surface area contributed by atoms with E-state index in [-0.39, 0.29) is 48.0 Å². The van der Waals surface area contributed by atoms with Crippen molar-refractivity contribution in [2.24, 2.45) is 5.92 Å². The van der Waals surface area contributed by atoms with Gasteiger partial charge >= 0.3 is 0 Å². The molecule has 0 bridgehead atoms. The first-order valence-corrected chi connectivity index (χ1v) is 19.8. The van der Waals surface area contributed by atoms with E-state index in [2.05, 4.69) is 47.1 Å². The Morgan fingerprint density at radius 2 is 1.56 bits per heavy atom. The smallest absolute Gasteiger partial charge is 0.249 e. The fraction of sp³-hybridized carbons (Fsp3) is 0.537. The molecule has 0 radical (unpaired) electrons. The average molecular weight is 741 g/mol. The minimum atomic E-state index is -0.553. The molecule has 3 amide bonds. The highest BCUT2D eigenvalue weighted by molar-refractivity contribution is 6.01. The normalized spacial score (nSPS) is 24.6. The molecule has 5 aliphatic rings. The summed E-state index contributed by atoms with van der Waals surface area (Å²) >= 11 is 0. The summed E-state index contributed by atoms with van der Waals surface area (Å²) in [4.78, 5) is 50.2. The van der Waals surface area contributed by atoms with Crippen LogP contribution in [0.2, 0.25) is 0 Å². The minimum absolute atomic E-state index is 0.0167. The molecule has 2 saturated carbocycles. The van der Waals surface area contributed by atoms with Crippen molar-refractivity contribution < 1.29 is 23.2 Å². The molecular formula is C41H50F2N8O3. The third kappa shape index (κ3) is 8.51. The van der Waals surface area contributed by atoms with Crippen LogP contribution < -0.4 is 26.2 Å². The summed E-state index contributed by atoms with van der Waals surface area (Å²) in [6.07, 6.45) is 11.3. The molecule has 3 aliphatic heterocycles. The molecule has 54 heavy (non-hydrogen) atoms. The number of imide groups is 1. The average Bonchev–Trinajstić information content (AvgIpc) is 4.04. The van der Waals surface area contributed by atoms with E-state index in [4.69, 9.17) is 0 Å². The predicted octanol–water partition coefficient (Wildman–Crippen LogP) is 5.74. The summed E-state index contributed by atoms with van der Waals surface area (Å²) in [6.45, 7) is 3.28. The third-order valence-electron chi connectivity index (χ3n) is 12.1. The van der Waals surface area contributed by atoms with Crippen molar-refractivity contribution in [2.75, 3.05) is 41.7 Å². The molecule has 286 valence electrons. The number of likely N-dealkylation sites (tertiary alicyclic amines) is 1. The van der Waals surface area contributed by atoms with Gasteiger partial charge in [0.05, 0.1) is 11.9 Å². The van der Waals surface area contributed by atoms with Gasteiger partial charge in [0, 0.05) is 54.8 Å². The number of carbonyl (C=O) groups excluding carboxylic acids is 3. The molecular weight excluding hydrogens is 690 g/mol. The number of amides is 3. The van der Waals surface area contributed by atoms with E-state index < -0.39 is 11.9 Å². The standard InChI is InChI=1S/C41H50F2N8O3/c42-33-23-31(45-35-11-13-37(52)48-40(35)54)10-12-36(33)51-20-16-32(17-21-51)50-18-14-26(15-19-50)39(53)46-29-6-8-30(9-7-29)47-41-44-24-34(43)38(49-41)28-3-1-2-27(22-28)25-4-5-25/h1-3,10,12,22-26,29-30,32,35,45H,4-9,11,13-21H2,(H,46,53)(H,44,47,49)(H,48,52,54). The van der Waals surface area contributed by atoms with Gasteiger partial charge in [-0.3, -0.25) is 19.7 Å². The summed E-state index contributed by atoms with van der Waals surface area (Å²) in [5, 5.41) is 12.1. The lowest BCUT2D eigenvalue weighted by atomic mass is 9.89. The van der Waals surface area contributed by atoms with E-state index in [1.54, 1.807) is 12.1 Å². The van der Waals surface area contributed by atoms with E-state index in [0.717, 1.165) is 83.1 Å². The lowest BCUT2D eigenvalue weighted by Crippen LogP contribution is -2.50. The minimum Gasteiger partial charge on any atom is -0.374 e. The second-order valence-electron chi connectivity index (χ2n) is 15.8. The van der Waals surface area contributed by atoms with Crippen molar-refractivity contribution in [1.29, 1.82) is 0 Å². The van der Waals surface area contributed by atoms with Crippen LogP contribution in [0.3, 0.4) is 0 Å². The first kappa shape index (κ1) is 36.3. The van der Waals surface area contributed by atoms with Gasteiger partial charge in [-0.2, -0.15) is 0 Å². The largest absolute Gasteiger partial charge is 0.374 e. The topological polar surface area (TPSA) is 132 Å². The van der Waals surface area contributed by atoms with Crippen LogP contribution in [0.5, 0.6) is 0 Å². The van der Waals surface area contributed by atoms with Gasteiger partial charge < -0.3 is 25.8 Å². The molecule has 4 heterocycles. The lowest BCUT2D eigenvalue weighted by Gasteiger charge is -2.42. The van der Waals surface area contributed by atoms with Crippen molar-refractivity contribution >= 4 is 35.0 Å². The van der Waals surface area contributed by atoms with Crippen molar-refractivity contribution in [3.05, 3.63) is 65.9 Å². The van der Waals surface area contributed by atoms with E-state index in [1.165, 1.54) is 30.7 Å². The lowest BCUT2D eigenvalue weighted by molar-refractivity contribution is -0.133. The Labute approximate surface area is 315 Å². The number of benzene rings is 2. The Hall–Kier alpha value is -4.65. The maximum atomic E-state index is 15.2. The van der Waals surface area contributed by atoms with Crippen LogP contribution >= 0.6 is 0 Å². The zero-order chi connectivity index (χ0) is 37.2. The Bertz CT molecular complexity index is 1850. The van der Waals surface area contributed by atoms with Crippen LogP contribution in [-0.2, 0) is 14.4 Å². The van der Waals surface area contributed by atoms with Gasteiger partial charge in [-0.25, -0.2) is 18.7 Å². The van der Waals surface area contributed by atoms with Crippen LogP contribution in [0.15, 0.2) is 48.7 Å². The fourth-order valence-corrected chi connectivity index (χ4v) is 8.76. The molecule has 4 N–H and O–H groups in total. The first-order chi connectivity index (χ1) is 26.3.